The van der Waals surface area contributed by atoms with Gasteiger partial charge in [0.1, 0.15) is 11.6 Å². The molecular formula is C11H13Cl2N5O. The summed E-state index contributed by atoms with van der Waals surface area (Å²) in [6.45, 7) is 3.30. The molecule has 0 amide bonds. The van der Waals surface area contributed by atoms with Crippen LogP contribution in [-0.4, -0.2) is 28.2 Å². The van der Waals surface area contributed by atoms with E-state index in [-0.39, 0.29) is 0 Å². The van der Waals surface area contributed by atoms with Gasteiger partial charge in [-0.15, -0.1) is 0 Å². The maximum atomic E-state index is 6.08. The second-order valence-corrected chi connectivity index (χ2v) is 4.52. The van der Waals surface area contributed by atoms with E-state index in [2.05, 4.69) is 30.3 Å². The van der Waals surface area contributed by atoms with Crippen molar-refractivity contribution in [1.29, 1.82) is 0 Å². The lowest BCUT2D eigenvalue weighted by molar-refractivity contribution is 0.410. The van der Waals surface area contributed by atoms with Gasteiger partial charge in [-0.1, -0.05) is 28.4 Å². The molecule has 0 aliphatic heterocycles. The van der Waals surface area contributed by atoms with Gasteiger partial charge in [-0.2, -0.15) is 4.98 Å². The van der Waals surface area contributed by atoms with Gasteiger partial charge in [-0.3, -0.25) is 0 Å². The van der Waals surface area contributed by atoms with Crippen molar-refractivity contribution in [3.63, 3.8) is 0 Å². The first-order chi connectivity index (χ1) is 9.20. The van der Waals surface area contributed by atoms with Gasteiger partial charge in [-0.05, 0) is 13.0 Å². The van der Waals surface area contributed by atoms with Gasteiger partial charge in [0.2, 0.25) is 6.39 Å². The second kappa shape index (κ2) is 6.58. The van der Waals surface area contributed by atoms with Crippen molar-refractivity contribution in [1.82, 2.24) is 15.1 Å². The molecule has 2 N–H and O–H groups in total. The molecule has 0 aliphatic carbocycles. The Balaban J connectivity index is 2.00. The predicted octanol–water partition coefficient (Wildman–Crippen LogP) is 2.86. The number of anilines is 2. The number of pyridine rings is 1. The van der Waals surface area contributed by atoms with E-state index in [9.17, 15) is 0 Å². The van der Waals surface area contributed by atoms with Gasteiger partial charge in [-0.25, -0.2) is 4.98 Å². The minimum absolute atomic E-state index is 0.472. The van der Waals surface area contributed by atoms with E-state index in [4.69, 9.17) is 23.2 Å². The second-order valence-electron chi connectivity index (χ2n) is 3.70. The topological polar surface area (TPSA) is 75.9 Å². The third-order valence-electron chi connectivity index (χ3n) is 2.32. The molecule has 0 saturated carbocycles. The molecule has 0 bridgehead atoms. The van der Waals surface area contributed by atoms with Gasteiger partial charge in [0, 0.05) is 19.5 Å². The van der Waals surface area contributed by atoms with E-state index in [0.29, 0.717) is 40.5 Å². The Morgan fingerprint density at radius 3 is 2.58 bits per heavy atom. The van der Waals surface area contributed by atoms with Gasteiger partial charge < -0.3 is 15.2 Å². The Kier molecular flexibility index (Phi) is 4.81. The van der Waals surface area contributed by atoms with Crippen molar-refractivity contribution < 1.29 is 4.52 Å². The van der Waals surface area contributed by atoms with Crippen molar-refractivity contribution in [2.24, 2.45) is 0 Å². The smallest absolute Gasteiger partial charge is 0.213 e. The third kappa shape index (κ3) is 3.71. The fourth-order valence-corrected chi connectivity index (χ4v) is 1.97. The molecular weight excluding hydrogens is 289 g/mol. The molecule has 2 aromatic rings. The fourth-order valence-electron chi connectivity index (χ4n) is 1.48. The Hall–Kier alpha value is -1.53. The summed E-state index contributed by atoms with van der Waals surface area (Å²) < 4.78 is 4.65. The lowest BCUT2D eigenvalue weighted by Crippen LogP contribution is -2.09. The van der Waals surface area contributed by atoms with Crippen LogP contribution in [0.25, 0.3) is 0 Å². The van der Waals surface area contributed by atoms with E-state index in [1.807, 2.05) is 6.92 Å². The first-order valence-electron chi connectivity index (χ1n) is 5.79. The summed E-state index contributed by atoms with van der Waals surface area (Å²) in [5.41, 5.74) is 0. The minimum atomic E-state index is 0.472. The van der Waals surface area contributed by atoms with Gasteiger partial charge in [0.05, 0.1) is 10.0 Å². The molecule has 0 atom stereocenters. The molecule has 6 nitrogen and oxygen atoms in total. The summed E-state index contributed by atoms with van der Waals surface area (Å²) in [5, 5.41) is 10.9. The van der Waals surface area contributed by atoms with E-state index in [0.717, 1.165) is 6.54 Å². The molecule has 8 heteroatoms. The number of hydrogen-bond donors (Lipinski definition) is 2. The van der Waals surface area contributed by atoms with Crippen LogP contribution >= 0.6 is 23.2 Å². The van der Waals surface area contributed by atoms with E-state index >= 15 is 0 Å². The summed E-state index contributed by atoms with van der Waals surface area (Å²) >= 11 is 12.1. The largest absolute Gasteiger partial charge is 0.369 e. The molecule has 2 heterocycles. The average molecular weight is 302 g/mol. The number of hydrogen-bond acceptors (Lipinski definition) is 6. The molecule has 0 aliphatic rings. The number of nitrogens with zero attached hydrogens (tertiary/aromatic N) is 3. The predicted molar refractivity (Wildman–Crippen MR) is 74.9 cm³/mol. The maximum Gasteiger partial charge on any atom is 0.213 e. The van der Waals surface area contributed by atoms with Crippen LogP contribution in [0, 0.1) is 0 Å². The molecule has 0 unspecified atom stereocenters. The van der Waals surface area contributed by atoms with Crippen molar-refractivity contribution in [2.75, 3.05) is 23.7 Å². The molecule has 0 radical (unpaired) electrons. The first-order valence-corrected chi connectivity index (χ1v) is 6.55. The summed E-state index contributed by atoms with van der Waals surface area (Å²) in [4.78, 5) is 8.26. The van der Waals surface area contributed by atoms with Crippen LogP contribution in [0.5, 0.6) is 0 Å². The lowest BCUT2D eigenvalue weighted by atomic mass is 10.3. The zero-order chi connectivity index (χ0) is 13.7. The van der Waals surface area contributed by atoms with Crippen LogP contribution in [0.4, 0.5) is 11.6 Å². The molecule has 2 rings (SSSR count). The summed E-state index contributed by atoms with van der Waals surface area (Å²) in [6, 6.07) is 1.66. The average Bonchev–Trinajstić information content (AvgIpc) is 2.88. The summed E-state index contributed by atoms with van der Waals surface area (Å²) in [7, 11) is 0. The number of aromatic nitrogens is 3. The van der Waals surface area contributed by atoms with Gasteiger partial charge >= 0.3 is 0 Å². The molecule has 2 aromatic heterocycles. The Morgan fingerprint density at radius 1 is 1.21 bits per heavy atom. The number of rotatable bonds is 6. The van der Waals surface area contributed by atoms with Crippen molar-refractivity contribution in [3.05, 3.63) is 28.3 Å². The summed E-state index contributed by atoms with van der Waals surface area (Å²) in [6.07, 6.45) is 1.92. The van der Waals surface area contributed by atoms with Crippen LogP contribution in [0.2, 0.25) is 10.0 Å². The Morgan fingerprint density at radius 2 is 1.95 bits per heavy atom. The van der Waals surface area contributed by atoms with E-state index in [1.54, 1.807) is 6.07 Å². The van der Waals surface area contributed by atoms with Gasteiger partial charge in [0.15, 0.2) is 5.82 Å². The highest BCUT2D eigenvalue weighted by atomic mass is 35.5. The molecule has 19 heavy (non-hydrogen) atoms. The molecule has 0 spiro atoms. The van der Waals surface area contributed by atoms with Crippen molar-refractivity contribution in [3.8, 4) is 0 Å². The lowest BCUT2D eigenvalue weighted by Gasteiger charge is -2.11. The van der Waals surface area contributed by atoms with Crippen LogP contribution < -0.4 is 10.6 Å². The summed E-state index contributed by atoms with van der Waals surface area (Å²) in [5.74, 6) is 1.81. The molecule has 0 fully saturated rings. The van der Waals surface area contributed by atoms with Crippen molar-refractivity contribution in [2.45, 2.75) is 13.3 Å². The van der Waals surface area contributed by atoms with E-state index in [1.165, 1.54) is 6.39 Å². The molecule has 0 saturated heterocycles. The minimum Gasteiger partial charge on any atom is -0.369 e. The monoisotopic (exact) mass is 301 g/mol. The Labute approximate surface area is 120 Å². The first kappa shape index (κ1) is 13.9. The highest BCUT2D eigenvalue weighted by Crippen LogP contribution is 2.28. The number of halogens is 2. The van der Waals surface area contributed by atoms with Crippen molar-refractivity contribution >= 4 is 34.8 Å². The Bertz CT molecular complexity index is 532. The van der Waals surface area contributed by atoms with Crippen LogP contribution in [0.15, 0.2) is 17.0 Å². The maximum absolute atomic E-state index is 6.08. The number of nitrogens with one attached hydrogen (secondary N) is 2. The highest BCUT2D eigenvalue weighted by Gasteiger charge is 2.08. The fraction of sp³-hybridized carbons (Fsp3) is 0.364. The quantitative estimate of drug-likeness (QED) is 0.854. The zero-order valence-corrected chi connectivity index (χ0v) is 11.8. The third-order valence-corrected chi connectivity index (χ3v) is 2.90. The molecule has 0 aromatic carbocycles. The standard InChI is InChI=1S/C11H13Cl2N5O/c1-2-14-10-7(12)5-8(13)11(17-10)15-4-3-9-16-6-19-18-9/h5-6H,2-4H2,1H3,(H2,14,15,17). The van der Waals surface area contributed by atoms with Crippen LogP contribution in [-0.2, 0) is 6.42 Å². The molecule has 102 valence electrons. The van der Waals surface area contributed by atoms with E-state index < -0.39 is 0 Å². The van der Waals surface area contributed by atoms with Gasteiger partial charge in [0.25, 0.3) is 0 Å². The van der Waals surface area contributed by atoms with Crippen LogP contribution in [0.3, 0.4) is 0 Å². The zero-order valence-electron chi connectivity index (χ0n) is 10.3. The van der Waals surface area contributed by atoms with Crippen LogP contribution in [0.1, 0.15) is 12.7 Å². The normalized spacial score (nSPS) is 10.5. The highest BCUT2D eigenvalue weighted by molar-refractivity contribution is 6.37. The SMILES string of the molecule is CCNc1nc(NCCc2ncon2)c(Cl)cc1Cl.